The molecule has 2 heterocycles. The van der Waals surface area contributed by atoms with Crippen molar-refractivity contribution >= 4 is 17.5 Å². The molecule has 0 unspecified atom stereocenters. The maximum Gasteiger partial charge on any atom is 0.262 e. The first-order valence-corrected chi connectivity index (χ1v) is 8.69. The van der Waals surface area contributed by atoms with Crippen LogP contribution in [-0.2, 0) is 17.8 Å². The maximum absolute atomic E-state index is 13.0. The quantitative estimate of drug-likeness (QED) is 0.899. The number of rotatable bonds is 3. The number of ether oxygens (including phenoxy) is 3. The van der Waals surface area contributed by atoms with Crippen molar-refractivity contribution in [2.24, 2.45) is 0 Å². The molecule has 0 aliphatic carbocycles. The molecule has 2 amide bonds. The zero-order valence-electron chi connectivity index (χ0n) is 15.2. The second-order valence-corrected chi connectivity index (χ2v) is 6.50. The second kappa shape index (κ2) is 6.83. The predicted molar refractivity (Wildman–Crippen MR) is 98.6 cm³/mol. The smallest absolute Gasteiger partial charge is 0.262 e. The van der Waals surface area contributed by atoms with Gasteiger partial charge in [-0.1, -0.05) is 0 Å². The van der Waals surface area contributed by atoms with Gasteiger partial charge in [0.25, 0.3) is 11.8 Å². The number of carbonyl (C=O) groups is 2. The van der Waals surface area contributed by atoms with Crippen LogP contribution in [-0.4, -0.2) is 44.1 Å². The topological polar surface area (TPSA) is 77.1 Å². The molecule has 4 rings (SSSR count). The lowest BCUT2D eigenvalue weighted by molar-refractivity contribution is -0.118. The number of nitrogens with zero attached hydrogens (tertiary/aromatic N) is 1. The average Bonchev–Trinajstić information content (AvgIpc) is 2.71. The summed E-state index contributed by atoms with van der Waals surface area (Å²) >= 11 is 0. The highest BCUT2D eigenvalue weighted by Crippen LogP contribution is 2.34. The maximum atomic E-state index is 13.0. The van der Waals surface area contributed by atoms with Crippen molar-refractivity contribution in [3.05, 3.63) is 47.0 Å². The third kappa shape index (κ3) is 3.16. The third-order valence-corrected chi connectivity index (χ3v) is 4.86. The SMILES string of the molecule is COc1cc2c(cc1OC)CN(C(=O)c1ccc3c(c1)NC(=O)CO3)CC2. The van der Waals surface area contributed by atoms with E-state index in [0.29, 0.717) is 41.6 Å². The normalized spacial score (nSPS) is 15.2. The van der Waals surface area contributed by atoms with E-state index in [-0.39, 0.29) is 18.4 Å². The van der Waals surface area contributed by atoms with Gasteiger partial charge in [0.2, 0.25) is 0 Å². The lowest BCUT2D eigenvalue weighted by atomic mass is 9.98. The molecular weight excluding hydrogens is 348 g/mol. The molecule has 0 fully saturated rings. The van der Waals surface area contributed by atoms with E-state index in [1.807, 2.05) is 12.1 Å². The lowest BCUT2D eigenvalue weighted by Gasteiger charge is -2.30. The van der Waals surface area contributed by atoms with Crippen LogP contribution in [0.1, 0.15) is 21.5 Å². The van der Waals surface area contributed by atoms with E-state index >= 15 is 0 Å². The van der Waals surface area contributed by atoms with Crippen molar-refractivity contribution < 1.29 is 23.8 Å². The number of hydrogen-bond donors (Lipinski definition) is 1. The van der Waals surface area contributed by atoms with Crippen LogP contribution in [0.3, 0.4) is 0 Å². The molecule has 2 aliphatic rings. The molecule has 7 heteroatoms. The number of benzene rings is 2. The average molecular weight is 368 g/mol. The summed E-state index contributed by atoms with van der Waals surface area (Å²) in [5.74, 6) is 1.62. The molecule has 7 nitrogen and oxygen atoms in total. The first kappa shape index (κ1) is 17.2. The minimum absolute atomic E-state index is 0.00546. The summed E-state index contributed by atoms with van der Waals surface area (Å²) in [6.45, 7) is 1.10. The summed E-state index contributed by atoms with van der Waals surface area (Å²) in [5.41, 5.74) is 3.24. The fraction of sp³-hybridized carbons (Fsp3) is 0.300. The molecule has 0 radical (unpaired) electrons. The van der Waals surface area contributed by atoms with Crippen LogP contribution in [0.2, 0.25) is 0 Å². The van der Waals surface area contributed by atoms with E-state index in [1.165, 1.54) is 0 Å². The van der Waals surface area contributed by atoms with Gasteiger partial charge in [0.05, 0.1) is 19.9 Å². The van der Waals surface area contributed by atoms with E-state index in [2.05, 4.69) is 5.32 Å². The van der Waals surface area contributed by atoms with Crippen LogP contribution in [0.15, 0.2) is 30.3 Å². The Bertz CT molecular complexity index is 925. The molecular formula is C20H20N2O5. The van der Waals surface area contributed by atoms with Gasteiger partial charge in [-0.3, -0.25) is 9.59 Å². The summed E-state index contributed by atoms with van der Waals surface area (Å²) in [6, 6.07) is 9.01. The van der Waals surface area contributed by atoms with E-state index < -0.39 is 0 Å². The first-order valence-electron chi connectivity index (χ1n) is 8.69. The Balaban J connectivity index is 1.58. The predicted octanol–water partition coefficient (Wildman–Crippen LogP) is 2.23. The number of carbonyl (C=O) groups excluding carboxylic acids is 2. The van der Waals surface area contributed by atoms with Crippen molar-refractivity contribution in [2.75, 3.05) is 32.7 Å². The molecule has 0 bridgehead atoms. The lowest BCUT2D eigenvalue weighted by Crippen LogP contribution is -2.36. The van der Waals surface area contributed by atoms with Gasteiger partial charge in [0.15, 0.2) is 18.1 Å². The molecule has 1 N–H and O–H groups in total. The highest BCUT2D eigenvalue weighted by molar-refractivity contribution is 6.00. The van der Waals surface area contributed by atoms with Gasteiger partial charge in [-0.15, -0.1) is 0 Å². The number of nitrogens with one attached hydrogen (secondary N) is 1. The van der Waals surface area contributed by atoms with Crippen molar-refractivity contribution in [1.29, 1.82) is 0 Å². The Hall–Kier alpha value is -3.22. The fourth-order valence-corrected chi connectivity index (χ4v) is 3.46. The van der Waals surface area contributed by atoms with Gasteiger partial charge in [0, 0.05) is 18.7 Å². The zero-order valence-corrected chi connectivity index (χ0v) is 15.2. The molecule has 27 heavy (non-hydrogen) atoms. The van der Waals surface area contributed by atoms with Crippen LogP contribution < -0.4 is 19.5 Å². The molecule has 2 aromatic carbocycles. The molecule has 0 saturated carbocycles. The molecule has 0 aromatic heterocycles. The first-order chi connectivity index (χ1) is 13.1. The van der Waals surface area contributed by atoms with E-state index in [0.717, 1.165) is 17.5 Å². The zero-order chi connectivity index (χ0) is 19.0. The van der Waals surface area contributed by atoms with Gasteiger partial charge >= 0.3 is 0 Å². The Kier molecular flexibility index (Phi) is 4.35. The van der Waals surface area contributed by atoms with E-state index in [9.17, 15) is 9.59 Å². The fourth-order valence-electron chi connectivity index (χ4n) is 3.46. The Morgan fingerprint density at radius 1 is 1.11 bits per heavy atom. The number of methoxy groups -OCH3 is 2. The molecule has 0 saturated heterocycles. The molecule has 0 spiro atoms. The Labute approximate surface area is 156 Å². The van der Waals surface area contributed by atoms with Gasteiger partial charge < -0.3 is 24.4 Å². The van der Waals surface area contributed by atoms with Crippen LogP contribution in [0.5, 0.6) is 17.2 Å². The second-order valence-electron chi connectivity index (χ2n) is 6.50. The van der Waals surface area contributed by atoms with Crippen LogP contribution in [0, 0.1) is 0 Å². The Morgan fingerprint density at radius 2 is 1.85 bits per heavy atom. The number of hydrogen-bond acceptors (Lipinski definition) is 5. The summed E-state index contributed by atoms with van der Waals surface area (Å²) in [4.78, 5) is 26.3. The van der Waals surface area contributed by atoms with Crippen molar-refractivity contribution in [1.82, 2.24) is 4.90 Å². The van der Waals surface area contributed by atoms with Crippen molar-refractivity contribution in [3.8, 4) is 17.2 Å². The summed E-state index contributed by atoms with van der Waals surface area (Å²) in [7, 11) is 3.21. The summed E-state index contributed by atoms with van der Waals surface area (Å²) < 4.78 is 16.1. The van der Waals surface area contributed by atoms with Crippen LogP contribution >= 0.6 is 0 Å². The number of anilines is 1. The summed E-state index contributed by atoms with van der Waals surface area (Å²) in [6.07, 6.45) is 0.742. The third-order valence-electron chi connectivity index (χ3n) is 4.86. The van der Waals surface area contributed by atoms with Gasteiger partial charge in [-0.25, -0.2) is 0 Å². The minimum Gasteiger partial charge on any atom is -0.493 e. The standard InChI is InChI=1S/C20H20N2O5/c1-25-17-8-12-5-6-22(10-14(12)9-18(17)26-2)20(24)13-3-4-16-15(7-13)21-19(23)11-27-16/h3-4,7-9H,5-6,10-11H2,1-2H3,(H,21,23). The van der Waals surface area contributed by atoms with Gasteiger partial charge in [-0.05, 0) is 47.9 Å². The van der Waals surface area contributed by atoms with E-state index in [4.69, 9.17) is 14.2 Å². The van der Waals surface area contributed by atoms with Crippen molar-refractivity contribution in [2.45, 2.75) is 13.0 Å². The molecule has 2 aromatic rings. The molecule has 2 aliphatic heterocycles. The molecule has 0 atom stereocenters. The number of fused-ring (bicyclic) bond motifs is 2. The van der Waals surface area contributed by atoms with Gasteiger partial charge in [-0.2, -0.15) is 0 Å². The summed E-state index contributed by atoms with van der Waals surface area (Å²) in [5, 5.41) is 2.74. The van der Waals surface area contributed by atoms with Gasteiger partial charge in [0.1, 0.15) is 5.75 Å². The highest BCUT2D eigenvalue weighted by atomic mass is 16.5. The number of amides is 2. The molecule has 140 valence electrons. The Morgan fingerprint density at radius 3 is 2.59 bits per heavy atom. The van der Waals surface area contributed by atoms with Crippen LogP contribution in [0.25, 0.3) is 0 Å². The minimum atomic E-state index is -0.222. The van der Waals surface area contributed by atoms with E-state index in [1.54, 1.807) is 37.3 Å². The largest absolute Gasteiger partial charge is 0.493 e. The highest BCUT2D eigenvalue weighted by Gasteiger charge is 2.25. The monoisotopic (exact) mass is 368 g/mol. The van der Waals surface area contributed by atoms with Crippen molar-refractivity contribution in [3.63, 3.8) is 0 Å². The van der Waals surface area contributed by atoms with Crippen LogP contribution in [0.4, 0.5) is 5.69 Å².